The van der Waals surface area contributed by atoms with Crippen LogP contribution in [0.5, 0.6) is 0 Å². The van der Waals surface area contributed by atoms with Gasteiger partial charge in [-0.3, -0.25) is 0 Å². The fraction of sp³-hybridized carbons (Fsp3) is 0.667. The molecule has 1 aromatic carbocycles. The molecule has 1 unspecified atom stereocenters. The third kappa shape index (κ3) is 4.72. The maximum absolute atomic E-state index is 5.77. The van der Waals surface area contributed by atoms with Crippen LogP contribution in [0.3, 0.4) is 0 Å². The molecule has 3 heteroatoms. The number of rotatable bonds is 7. The van der Waals surface area contributed by atoms with Gasteiger partial charge in [-0.1, -0.05) is 45.4 Å². The van der Waals surface area contributed by atoms with E-state index >= 15 is 0 Å². The molecule has 0 amide bonds. The molecule has 0 radical (unpaired) electrons. The lowest BCUT2D eigenvalue weighted by Crippen LogP contribution is -2.42. The molecule has 0 aliphatic carbocycles. The van der Waals surface area contributed by atoms with E-state index in [0.717, 1.165) is 39.3 Å². The van der Waals surface area contributed by atoms with Crippen LogP contribution in [0.25, 0.3) is 0 Å². The van der Waals surface area contributed by atoms with Gasteiger partial charge in [-0.05, 0) is 24.0 Å². The predicted molar refractivity (Wildman–Crippen MR) is 89.8 cm³/mol. The third-order valence-electron chi connectivity index (χ3n) is 4.26. The second-order valence-electron chi connectivity index (χ2n) is 6.27. The number of benzene rings is 1. The summed E-state index contributed by atoms with van der Waals surface area (Å²) in [4.78, 5) is 2.49. The van der Waals surface area contributed by atoms with Gasteiger partial charge in [-0.2, -0.15) is 0 Å². The number of anilines is 1. The normalized spacial score (nSPS) is 18.7. The van der Waals surface area contributed by atoms with Crippen molar-refractivity contribution in [2.75, 3.05) is 31.2 Å². The molecule has 0 bridgehead atoms. The first kappa shape index (κ1) is 16.3. The Kier molecular flexibility index (Phi) is 6.52. The van der Waals surface area contributed by atoms with Gasteiger partial charge in [0.05, 0.1) is 6.61 Å². The van der Waals surface area contributed by atoms with Crippen LogP contribution in [0.2, 0.25) is 0 Å². The van der Waals surface area contributed by atoms with E-state index in [4.69, 9.17) is 4.74 Å². The Bertz CT molecular complexity index is 419. The highest BCUT2D eigenvalue weighted by Gasteiger charge is 2.22. The maximum Gasteiger partial charge on any atom is 0.0641 e. The van der Waals surface area contributed by atoms with E-state index in [2.05, 4.69) is 55.3 Å². The van der Waals surface area contributed by atoms with Crippen molar-refractivity contribution < 1.29 is 4.74 Å². The van der Waals surface area contributed by atoms with Crippen LogP contribution in [0, 0.1) is 5.92 Å². The first-order chi connectivity index (χ1) is 10.2. The smallest absolute Gasteiger partial charge is 0.0641 e. The summed E-state index contributed by atoms with van der Waals surface area (Å²) in [5, 5.41) is 3.70. The number of nitrogens with one attached hydrogen (secondary N) is 1. The summed E-state index contributed by atoms with van der Waals surface area (Å²) in [6, 6.07) is 9.28. The zero-order valence-electron chi connectivity index (χ0n) is 13.8. The standard InChI is InChI=1S/C18H30N2O/c1-4-5-11-21-12-10-20-14-17(15(2)3)19-13-16-8-6-7-9-18(16)20/h6-9,15,17,19H,4-5,10-14H2,1-3H3. The molecule has 1 aromatic rings. The zero-order valence-corrected chi connectivity index (χ0v) is 13.8. The van der Waals surface area contributed by atoms with E-state index in [9.17, 15) is 0 Å². The molecular weight excluding hydrogens is 260 g/mol. The second kappa shape index (κ2) is 8.40. The molecule has 1 aliphatic heterocycles. The summed E-state index contributed by atoms with van der Waals surface area (Å²) in [6.45, 7) is 11.5. The largest absolute Gasteiger partial charge is 0.380 e. The van der Waals surface area contributed by atoms with E-state index < -0.39 is 0 Å². The zero-order chi connectivity index (χ0) is 15.1. The third-order valence-corrected chi connectivity index (χ3v) is 4.26. The molecule has 1 atom stereocenters. The summed E-state index contributed by atoms with van der Waals surface area (Å²) in [5.74, 6) is 0.642. The van der Waals surface area contributed by atoms with Gasteiger partial charge in [0.1, 0.15) is 0 Å². The van der Waals surface area contributed by atoms with Crippen molar-refractivity contribution in [1.82, 2.24) is 5.32 Å². The summed E-state index contributed by atoms with van der Waals surface area (Å²) < 4.78 is 5.77. The number of para-hydroxylation sites is 1. The second-order valence-corrected chi connectivity index (χ2v) is 6.27. The first-order valence-electron chi connectivity index (χ1n) is 8.36. The lowest BCUT2D eigenvalue weighted by molar-refractivity contribution is 0.136. The monoisotopic (exact) mass is 290 g/mol. The summed E-state index contributed by atoms with van der Waals surface area (Å²) >= 11 is 0. The van der Waals surface area contributed by atoms with Crippen LogP contribution >= 0.6 is 0 Å². The number of unbranched alkanes of at least 4 members (excludes halogenated alkanes) is 1. The summed E-state index contributed by atoms with van der Waals surface area (Å²) in [7, 11) is 0. The maximum atomic E-state index is 5.77. The van der Waals surface area contributed by atoms with Crippen LogP contribution < -0.4 is 10.2 Å². The number of fused-ring (bicyclic) bond motifs is 1. The Morgan fingerprint density at radius 3 is 2.86 bits per heavy atom. The highest BCUT2D eigenvalue weighted by Crippen LogP contribution is 2.24. The van der Waals surface area contributed by atoms with Crippen molar-refractivity contribution in [3.05, 3.63) is 29.8 Å². The van der Waals surface area contributed by atoms with Crippen LogP contribution in [-0.2, 0) is 11.3 Å². The van der Waals surface area contributed by atoms with Gasteiger partial charge in [0.25, 0.3) is 0 Å². The Morgan fingerprint density at radius 2 is 2.10 bits per heavy atom. The van der Waals surface area contributed by atoms with Crippen LogP contribution in [0.15, 0.2) is 24.3 Å². The minimum atomic E-state index is 0.535. The Balaban J connectivity index is 2.00. The topological polar surface area (TPSA) is 24.5 Å². The summed E-state index contributed by atoms with van der Waals surface area (Å²) in [5.41, 5.74) is 2.77. The Labute approximate surface area is 129 Å². The molecule has 1 heterocycles. The number of nitrogens with zero attached hydrogens (tertiary/aromatic N) is 1. The fourth-order valence-corrected chi connectivity index (χ4v) is 2.79. The fourth-order valence-electron chi connectivity index (χ4n) is 2.79. The van der Waals surface area contributed by atoms with Gasteiger partial charge in [-0.25, -0.2) is 0 Å². The average molecular weight is 290 g/mol. The van der Waals surface area contributed by atoms with Crippen molar-refractivity contribution in [1.29, 1.82) is 0 Å². The molecule has 0 spiro atoms. The summed E-state index contributed by atoms with van der Waals surface area (Å²) in [6.07, 6.45) is 2.36. The van der Waals surface area contributed by atoms with Gasteiger partial charge in [0.15, 0.2) is 0 Å². The van der Waals surface area contributed by atoms with Gasteiger partial charge < -0.3 is 15.0 Å². The molecule has 0 saturated heterocycles. The average Bonchev–Trinajstić information content (AvgIpc) is 2.67. The molecule has 0 aromatic heterocycles. The number of hydrogen-bond acceptors (Lipinski definition) is 3. The first-order valence-corrected chi connectivity index (χ1v) is 8.36. The van der Waals surface area contributed by atoms with E-state index in [1.54, 1.807) is 0 Å². The van der Waals surface area contributed by atoms with Crippen LogP contribution in [-0.4, -0.2) is 32.3 Å². The predicted octanol–water partition coefficient (Wildman–Crippen LogP) is 3.44. The molecular formula is C18H30N2O. The van der Waals surface area contributed by atoms with Gasteiger partial charge in [0.2, 0.25) is 0 Å². The molecule has 3 nitrogen and oxygen atoms in total. The lowest BCUT2D eigenvalue weighted by Gasteiger charge is -2.29. The molecule has 0 fully saturated rings. The molecule has 118 valence electrons. The Hall–Kier alpha value is -1.06. The van der Waals surface area contributed by atoms with Crippen molar-refractivity contribution in [2.24, 2.45) is 5.92 Å². The Morgan fingerprint density at radius 1 is 1.29 bits per heavy atom. The van der Waals surface area contributed by atoms with E-state index in [-0.39, 0.29) is 0 Å². The van der Waals surface area contributed by atoms with Crippen LogP contribution in [0.4, 0.5) is 5.69 Å². The molecule has 0 saturated carbocycles. The lowest BCUT2D eigenvalue weighted by atomic mass is 10.0. The van der Waals surface area contributed by atoms with Gasteiger partial charge in [-0.15, -0.1) is 0 Å². The SMILES string of the molecule is CCCCOCCN1CC(C(C)C)NCc2ccccc21. The minimum absolute atomic E-state index is 0.535. The van der Waals surface area contributed by atoms with Crippen molar-refractivity contribution in [2.45, 2.75) is 46.2 Å². The number of hydrogen-bond donors (Lipinski definition) is 1. The molecule has 1 N–H and O–H groups in total. The quantitative estimate of drug-likeness (QED) is 0.779. The van der Waals surface area contributed by atoms with Gasteiger partial charge in [0, 0.05) is 38.0 Å². The van der Waals surface area contributed by atoms with E-state index in [1.165, 1.54) is 17.7 Å². The number of ether oxygens (including phenoxy) is 1. The van der Waals surface area contributed by atoms with Crippen molar-refractivity contribution in [3.8, 4) is 0 Å². The van der Waals surface area contributed by atoms with Gasteiger partial charge >= 0.3 is 0 Å². The van der Waals surface area contributed by atoms with Crippen LogP contribution in [0.1, 0.15) is 39.2 Å². The van der Waals surface area contributed by atoms with E-state index in [0.29, 0.717) is 12.0 Å². The highest BCUT2D eigenvalue weighted by atomic mass is 16.5. The highest BCUT2D eigenvalue weighted by molar-refractivity contribution is 5.54. The molecule has 21 heavy (non-hydrogen) atoms. The molecule has 2 rings (SSSR count). The van der Waals surface area contributed by atoms with Crippen molar-refractivity contribution >= 4 is 5.69 Å². The van der Waals surface area contributed by atoms with E-state index in [1.807, 2.05) is 0 Å². The molecule has 1 aliphatic rings. The minimum Gasteiger partial charge on any atom is -0.380 e. The van der Waals surface area contributed by atoms with Crippen molar-refractivity contribution in [3.63, 3.8) is 0 Å².